The Morgan fingerprint density at radius 3 is 2.91 bits per heavy atom. The van der Waals surface area contributed by atoms with Crippen LogP contribution in [0, 0.1) is 0 Å². The maximum atomic E-state index is 12.2. The predicted molar refractivity (Wildman–Crippen MR) is 86.6 cm³/mol. The first-order valence-electron chi connectivity index (χ1n) is 6.37. The van der Waals surface area contributed by atoms with Crippen molar-refractivity contribution in [2.24, 2.45) is 0 Å². The zero-order valence-electron chi connectivity index (χ0n) is 11.1. The number of rotatable bonds is 4. The zero-order valence-corrected chi connectivity index (χ0v) is 14.3. The molecule has 2 aliphatic heterocycles. The van der Waals surface area contributed by atoms with Crippen molar-refractivity contribution < 1.29 is 19.5 Å². The van der Waals surface area contributed by atoms with Gasteiger partial charge in [-0.15, -0.1) is 23.1 Å². The number of aliphatic carboxylic acids is 1. The molecule has 6 nitrogen and oxygen atoms in total. The summed E-state index contributed by atoms with van der Waals surface area (Å²) in [5.41, 5.74) is -0.0301. The minimum absolute atomic E-state index is 0.0301. The molecule has 2 N–H and O–H groups in total. The molecule has 2 amide bonds. The summed E-state index contributed by atoms with van der Waals surface area (Å²) in [4.78, 5) is 37.6. The number of carbonyl (C=O) groups excluding carboxylic acids is 2. The fourth-order valence-electron chi connectivity index (χ4n) is 2.38. The lowest BCUT2D eigenvalue weighted by molar-refractivity contribution is -0.150. The SMILES string of the molecule is O=C(Cc1cccs1)NC1C(=O)N2C(C(=O)O)=C(Br)CSC12. The number of nitrogens with one attached hydrogen (secondary N) is 1. The topological polar surface area (TPSA) is 86.7 Å². The molecule has 1 aromatic heterocycles. The van der Waals surface area contributed by atoms with Crippen LogP contribution >= 0.6 is 39.0 Å². The predicted octanol–water partition coefficient (Wildman–Crippen LogP) is 1.38. The first-order chi connectivity index (χ1) is 10.5. The molecule has 22 heavy (non-hydrogen) atoms. The van der Waals surface area contributed by atoms with E-state index in [2.05, 4.69) is 21.2 Å². The van der Waals surface area contributed by atoms with E-state index in [4.69, 9.17) is 0 Å². The van der Waals surface area contributed by atoms with Crippen LogP contribution < -0.4 is 5.32 Å². The highest BCUT2D eigenvalue weighted by Crippen LogP contribution is 2.41. The third-order valence-electron chi connectivity index (χ3n) is 3.36. The molecule has 2 unspecified atom stereocenters. The highest BCUT2D eigenvalue weighted by Gasteiger charge is 2.53. The number of hydrogen-bond donors (Lipinski definition) is 2. The number of β-lactam (4-membered cyclic amide) rings is 1. The fraction of sp³-hybridized carbons (Fsp3) is 0.308. The van der Waals surface area contributed by atoms with Gasteiger partial charge in [-0.05, 0) is 11.4 Å². The summed E-state index contributed by atoms with van der Waals surface area (Å²) in [6.07, 6.45) is 0.226. The first-order valence-corrected chi connectivity index (χ1v) is 9.09. The number of nitrogens with zero attached hydrogens (tertiary/aromatic N) is 1. The third kappa shape index (κ3) is 2.68. The molecule has 3 rings (SSSR count). The van der Waals surface area contributed by atoms with E-state index >= 15 is 0 Å². The maximum Gasteiger partial charge on any atom is 0.353 e. The molecule has 116 valence electrons. The van der Waals surface area contributed by atoms with Gasteiger partial charge in [-0.25, -0.2) is 4.79 Å². The van der Waals surface area contributed by atoms with Gasteiger partial charge in [-0.1, -0.05) is 22.0 Å². The normalized spacial score (nSPS) is 23.9. The number of thiophene rings is 1. The molecule has 9 heteroatoms. The lowest BCUT2D eigenvalue weighted by atomic mass is 10.0. The van der Waals surface area contributed by atoms with Crippen molar-refractivity contribution in [3.8, 4) is 0 Å². The number of fused-ring (bicyclic) bond motifs is 1. The molecular formula is C13H11BrN2O4S2. The van der Waals surface area contributed by atoms with Crippen LogP contribution in [0.2, 0.25) is 0 Å². The van der Waals surface area contributed by atoms with Crippen molar-refractivity contribution in [1.82, 2.24) is 10.2 Å². The number of hydrogen-bond acceptors (Lipinski definition) is 5. The Morgan fingerprint density at radius 2 is 2.27 bits per heavy atom. The minimum atomic E-state index is -1.14. The number of carbonyl (C=O) groups is 3. The summed E-state index contributed by atoms with van der Waals surface area (Å²) in [5.74, 6) is -1.29. The standard InChI is InChI=1S/C13H11BrN2O4S2/c14-7-5-22-12-9(11(18)16(12)10(7)13(19)20)15-8(17)4-6-2-1-3-21-6/h1-3,9,12H,4-5H2,(H,15,17)(H,19,20). The van der Waals surface area contributed by atoms with Crippen LogP contribution in [0.3, 0.4) is 0 Å². The molecule has 0 aromatic carbocycles. The molecule has 2 aliphatic rings. The maximum absolute atomic E-state index is 12.2. The van der Waals surface area contributed by atoms with Crippen LogP contribution in [-0.4, -0.2) is 45.0 Å². The average Bonchev–Trinajstić information content (AvgIpc) is 2.97. The molecule has 1 saturated heterocycles. The molecule has 1 aromatic rings. The quantitative estimate of drug-likeness (QED) is 0.742. The van der Waals surface area contributed by atoms with Crippen molar-refractivity contribution in [2.75, 3.05) is 5.75 Å². The summed E-state index contributed by atoms with van der Waals surface area (Å²) in [6, 6.07) is 3.06. The molecule has 0 bridgehead atoms. The Kier molecular flexibility index (Phi) is 4.28. The molecule has 3 heterocycles. The van der Waals surface area contributed by atoms with E-state index in [-0.39, 0.29) is 29.3 Å². The number of carboxylic acid groups (broad SMARTS) is 1. The highest BCUT2D eigenvalue weighted by atomic mass is 79.9. The van der Waals surface area contributed by atoms with Gasteiger partial charge in [0.2, 0.25) is 5.91 Å². The molecule has 0 spiro atoms. The number of halogens is 1. The molecule has 0 saturated carbocycles. The Bertz CT molecular complexity index is 674. The van der Waals surface area contributed by atoms with Crippen LogP contribution in [0.1, 0.15) is 4.88 Å². The van der Waals surface area contributed by atoms with Gasteiger partial charge in [0.1, 0.15) is 17.1 Å². The van der Waals surface area contributed by atoms with E-state index in [9.17, 15) is 19.5 Å². The van der Waals surface area contributed by atoms with Gasteiger partial charge < -0.3 is 10.4 Å². The minimum Gasteiger partial charge on any atom is -0.477 e. The Hall–Kier alpha value is -1.32. The van der Waals surface area contributed by atoms with Crippen LogP contribution in [-0.2, 0) is 20.8 Å². The zero-order chi connectivity index (χ0) is 15.9. The Balaban J connectivity index is 1.68. The lowest BCUT2D eigenvalue weighted by Gasteiger charge is -2.48. The van der Waals surface area contributed by atoms with E-state index in [1.54, 1.807) is 0 Å². The van der Waals surface area contributed by atoms with Crippen molar-refractivity contribution in [2.45, 2.75) is 17.8 Å². The van der Waals surface area contributed by atoms with Crippen molar-refractivity contribution in [1.29, 1.82) is 0 Å². The summed E-state index contributed by atoms with van der Waals surface area (Å²) in [5, 5.41) is 13.4. The second-order valence-corrected chi connectivity index (χ2v) is 7.86. The molecule has 1 fully saturated rings. The van der Waals surface area contributed by atoms with Crippen molar-refractivity contribution in [3.05, 3.63) is 32.6 Å². The fourth-order valence-corrected chi connectivity index (χ4v) is 5.03. The number of thioether (sulfide) groups is 1. The van der Waals surface area contributed by atoms with Gasteiger partial charge in [0.25, 0.3) is 5.91 Å². The summed E-state index contributed by atoms with van der Waals surface area (Å²) < 4.78 is 0.484. The van der Waals surface area contributed by atoms with E-state index in [1.807, 2.05) is 17.5 Å². The second-order valence-electron chi connectivity index (χ2n) is 4.77. The van der Waals surface area contributed by atoms with Crippen molar-refractivity contribution in [3.63, 3.8) is 0 Å². The van der Waals surface area contributed by atoms with Crippen LogP contribution in [0.5, 0.6) is 0 Å². The Labute approximate surface area is 142 Å². The third-order valence-corrected chi connectivity index (χ3v) is 6.54. The van der Waals surface area contributed by atoms with Crippen LogP contribution in [0.25, 0.3) is 0 Å². The van der Waals surface area contributed by atoms with Gasteiger partial charge in [0, 0.05) is 15.1 Å². The molecule has 2 atom stereocenters. The van der Waals surface area contributed by atoms with Crippen LogP contribution in [0.15, 0.2) is 27.7 Å². The van der Waals surface area contributed by atoms with E-state index in [1.165, 1.54) is 28.0 Å². The number of carboxylic acids is 1. The lowest BCUT2D eigenvalue weighted by Crippen LogP contribution is -2.70. The van der Waals surface area contributed by atoms with Crippen molar-refractivity contribution >= 4 is 56.8 Å². The van der Waals surface area contributed by atoms with Gasteiger partial charge in [-0.3, -0.25) is 14.5 Å². The highest BCUT2D eigenvalue weighted by molar-refractivity contribution is 9.11. The van der Waals surface area contributed by atoms with Gasteiger partial charge in [-0.2, -0.15) is 0 Å². The summed E-state index contributed by atoms with van der Waals surface area (Å²) >= 11 is 6.10. The molecule has 0 aliphatic carbocycles. The van der Waals surface area contributed by atoms with E-state index in [0.717, 1.165) is 4.88 Å². The van der Waals surface area contributed by atoms with Gasteiger partial charge in [0.15, 0.2) is 0 Å². The molecule has 0 radical (unpaired) electrons. The van der Waals surface area contributed by atoms with Gasteiger partial charge >= 0.3 is 5.97 Å². The van der Waals surface area contributed by atoms with Crippen LogP contribution in [0.4, 0.5) is 0 Å². The Morgan fingerprint density at radius 1 is 1.50 bits per heavy atom. The largest absolute Gasteiger partial charge is 0.477 e. The van der Waals surface area contributed by atoms with E-state index < -0.39 is 12.0 Å². The monoisotopic (exact) mass is 402 g/mol. The number of amides is 2. The molecular weight excluding hydrogens is 392 g/mol. The summed E-state index contributed by atoms with van der Waals surface area (Å²) in [7, 11) is 0. The van der Waals surface area contributed by atoms with E-state index in [0.29, 0.717) is 10.2 Å². The van der Waals surface area contributed by atoms with Gasteiger partial charge in [0.05, 0.1) is 6.42 Å². The summed E-state index contributed by atoms with van der Waals surface area (Å²) in [6.45, 7) is 0. The average molecular weight is 403 g/mol. The smallest absolute Gasteiger partial charge is 0.353 e. The first kappa shape index (κ1) is 15.6. The second kappa shape index (κ2) is 6.05.